The molecule has 2 aromatic heterocycles. The second-order valence-electron chi connectivity index (χ2n) is 2.42. The van der Waals surface area contributed by atoms with Gasteiger partial charge in [-0.1, -0.05) is 0 Å². The number of hydrogen-bond acceptors (Lipinski definition) is 3. The van der Waals surface area contributed by atoms with Crippen LogP contribution in [0.3, 0.4) is 0 Å². The summed E-state index contributed by atoms with van der Waals surface area (Å²) in [4.78, 5) is 11.1. The summed E-state index contributed by atoms with van der Waals surface area (Å²) in [5.41, 5.74) is 0.254. The molecule has 0 aromatic carbocycles. The van der Waals surface area contributed by atoms with Crippen molar-refractivity contribution in [2.75, 3.05) is 7.11 Å². The van der Waals surface area contributed by atoms with Crippen LogP contribution in [0.5, 0.6) is 5.75 Å². The minimum absolute atomic E-state index is 0.260. The van der Waals surface area contributed by atoms with E-state index in [4.69, 9.17) is 4.74 Å². The fourth-order valence-electron chi connectivity index (χ4n) is 1.11. The molecule has 0 atom stereocenters. The van der Waals surface area contributed by atoms with Crippen molar-refractivity contribution >= 4 is 28.2 Å². The molecule has 2 aromatic rings. The lowest BCUT2D eigenvalue weighted by Crippen LogP contribution is -2.09. The molecule has 2 rings (SSSR count). The van der Waals surface area contributed by atoms with E-state index in [2.05, 4.69) is 32.8 Å². The highest BCUT2D eigenvalue weighted by molar-refractivity contribution is 14.1. The lowest BCUT2D eigenvalue weighted by molar-refractivity contribution is 0.414. The van der Waals surface area contributed by atoms with Crippen LogP contribution in [-0.4, -0.2) is 21.7 Å². The average molecular weight is 291 g/mol. The van der Waals surface area contributed by atoms with E-state index in [-0.39, 0.29) is 5.69 Å². The number of nitrogens with one attached hydrogen (secondary N) is 1. The summed E-state index contributed by atoms with van der Waals surface area (Å²) in [5, 5.41) is 6.20. The molecule has 13 heavy (non-hydrogen) atoms. The number of aromatic amines is 1. The SMILES string of the molecule is COc1c(I)ccn2c(=O)[nH]nc12. The number of pyridine rings is 1. The largest absolute Gasteiger partial charge is 0.492 e. The predicted octanol–water partition coefficient (Wildman–Crippen LogP) is 0.636. The first kappa shape index (κ1) is 8.54. The Morgan fingerprint density at radius 1 is 1.69 bits per heavy atom. The van der Waals surface area contributed by atoms with Crippen LogP contribution in [0.1, 0.15) is 0 Å². The quantitative estimate of drug-likeness (QED) is 0.784. The number of aromatic nitrogens is 3. The predicted molar refractivity (Wildman–Crippen MR) is 55.1 cm³/mol. The Kier molecular flexibility index (Phi) is 1.98. The molecule has 6 heteroatoms. The molecular formula is C7H6IN3O2. The third-order valence-corrected chi connectivity index (χ3v) is 2.55. The van der Waals surface area contributed by atoms with Crippen molar-refractivity contribution in [2.45, 2.75) is 0 Å². The van der Waals surface area contributed by atoms with Gasteiger partial charge in [0.05, 0.1) is 10.7 Å². The first-order chi connectivity index (χ1) is 6.24. The molecule has 0 aliphatic rings. The Balaban J connectivity index is 2.93. The topological polar surface area (TPSA) is 59.4 Å². The van der Waals surface area contributed by atoms with Gasteiger partial charge in [-0.3, -0.25) is 0 Å². The van der Waals surface area contributed by atoms with Gasteiger partial charge in [-0.25, -0.2) is 14.3 Å². The van der Waals surface area contributed by atoms with Crippen molar-refractivity contribution in [3.05, 3.63) is 26.3 Å². The first-order valence-electron chi connectivity index (χ1n) is 3.53. The monoisotopic (exact) mass is 291 g/mol. The van der Waals surface area contributed by atoms with Gasteiger partial charge >= 0.3 is 5.69 Å². The molecule has 0 aliphatic carbocycles. The van der Waals surface area contributed by atoms with Crippen molar-refractivity contribution in [3.63, 3.8) is 0 Å². The van der Waals surface area contributed by atoms with E-state index >= 15 is 0 Å². The van der Waals surface area contributed by atoms with Crippen molar-refractivity contribution in [1.29, 1.82) is 0 Å². The fraction of sp³-hybridized carbons (Fsp3) is 0.143. The third kappa shape index (κ3) is 1.21. The normalized spacial score (nSPS) is 10.6. The van der Waals surface area contributed by atoms with Crippen molar-refractivity contribution in [1.82, 2.24) is 14.6 Å². The van der Waals surface area contributed by atoms with E-state index < -0.39 is 0 Å². The van der Waals surface area contributed by atoms with E-state index in [1.54, 1.807) is 19.4 Å². The maximum absolute atomic E-state index is 11.1. The molecule has 0 bridgehead atoms. The summed E-state index contributed by atoms with van der Waals surface area (Å²) in [6, 6.07) is 1.79. The van der Waals surface area contributed by atoms with Crippen LogP contribution in [0.4, 0.5) is 0 Å². The molecule has 0 aliphatic heterocycles. The summed E-state index contributed by atoms with van der Waals surface area (Å²) in [7, 11) is 1.55. The number of nitrogens with zero attached hydrogens (tertiary/aromatic N) is 2. The summed E-state index contributed by atoms with van der Waals surface area (Å²) < 4.78 is 7.45. The third-order valence-electron chi connectivity index (χ3n) is 1.70. The lowest BCUT2D eigenvalue weighted by atomic mass is 10.4. The zero-order chi connectivity index (χ0) is 9.42. The lowest BCUT2D eigenvalue weighted by Gasteiger charge is -2.02. The zero-order valence-electron chi connectivity index (χ0n) is 6.74. The maximum atomic E-state index is 11.1. The number of methoxy groups -OCH3 is 1. The number of H-pyrrole nitrogens is 1. The number of halogens is 1. The van der Waals surface area contributed by atoms with Crippen molar-refractivity contribution in [3.8, 4) is 5.75 Å². The molecule has 68 valence electrons. The van der Waals surface area contributed by atoms with Crippen LogP contribution in [0.25, 0.3) is 5.65 Å². The molecule has 0 fully saturated rings. The van der Waals surface area contributed by atoms with Crippen LogP contribution in [0.15, 0.2) is 17.1 Å². The summed E-state index contributed by atoms with van der Waals surface area (Å²) in [6.45, 7) is 0. The van der Waals surface area contributed by atoms with Gasteiger partial charge in [0.15, 0.2) is 5.75 Å². The van der Waals surface area contributed by atoms with Gasteiger partial charge in [0.2, 0.25) is 5.65 Å². The zero-order valence-corrected chi connectivity index (χ0v) is 8.90. The van der Waals surface area contributed by atoms with E-state index in [9.17, 15) is 4.79 Å². The summed E-state index contributed by atoms with van der Waals surface area (Å²) in [6.07, 6.45) is 1.66. The van der Waals surface area contributed by atoms with Crippen LogP contribution < -0.4 is 10.4 Å². The van der Waals surface area contributed by atoms with Gasteiger partial charge < -0.3 is 4.74 Å². The number of fused-ring (bicyclic) bond motifs is 1. The van der Waals surface area contributed by atoms with E-state index in [0.29, 0.717) is 11.4 Å². The van der Waals surface area contributed by atoms with Crippen molar-refractivity contribution < 1.29 is 4.74 Å². The second-order valence-corrected chi connectivity index (χ2v) is 3.58. The molecule has 0 amide bonds. The van der Waals surface area contributed by atoms with Gasteiger partial charge in [-0.2, -0.15) is 0 Å². The van der Waals surface area contributed by atoms with Gasteiger partial charge in [-0.05, 0) is 28.7 Å². The highest BCUT2D eigenvalue weighted by atomic mass is 127. The highest BCUT2D eigenvalue weighted by Gasteiger charge is 2.09. The van der Waals surface area contributed by atoms with E-state index in [0.717, 1.165) is 3.57 Å². The summed E-state index contributed by atoms with van der Waals surface area (Å²) in [5.74, 6) is 0.612. The Morgan fingerprint density at radius 2 is 2.46 bits per heavy atom. The molecular weight excluding hydrogens is 285 g/mol. The minimum atomic E-state index is -0.260. The second kappa shape index (κ2) is 3.02. The first-order valence-corrected chi connectivity index (χ1v) is 4.61. The van der Waals surface area contributed by atoms with Crippen LogP contribution in [-0.2, 0) is 0 Å². The molecule has 0 saturated carbocycles. The molecule has 0 unspecified atom stereocenters. The van der Waals surface area contributed by atoms with Crippen LogP contribution in [0, 0.1) is 3.57 Å². The average Bonchev–Trinajstić information content (AvgIpc) is 2.48. The summed E-state index contributed by atoms with van der Waals surface area (Å²) >= 11 is 2.12. The van der Waals surface area contributed by atoms with Gasteiger partial charge in [0.25, 0.3) is 0 Å². The number of ether oxygens (including phenoxy) is 1. The molecule has 2 heterocycles. The minimum Gasteiger partial charge on any atom is -0.492 e. The Labute approximate surface area is 86.9 Å². The van der Waals surface area contributed by atoms with E-state index in [1.165, 1.54) is 4.40 Å². The fourth-order valence-corrected chi connectivity index (χ4v) is 1.74. The molecule has 0 radical (unpaired) electrons. The maximum Gasteiger partial charge on any atom is 0.347 e. The molecule has 0 saturated heterocycles. The smallest absolute Gasteiger partial charge is 0.347 e. The number of rotatable bonds is 1. The van der Waals surface area contributed by atoms with Crippen molar-refractivity contribution in [2.24, 2.45) is 0 Å². The van der Waals surface area contributed by atoms with Crippen LogP contribution in [0.2, 0.25) is 0 Å². The van der Waals surface area contributed by atoms with Gasteiger partial charge in [-0.15, -0.1) is 5.10 Å². The standard InChI is InChI=1S/C7H6IN3O2/c1-13-5-4(8)2-3-11-6(5)9-10-7(11)12/h2-3H,1H3,(H,10,12). The van der Waals surface area contributed by atoms with E-state index in [1.807, 2.05) is 0 Å². The van der Waals surface area contributed by atoms with Gasteiger partial charge in [0.1, 0.15) is 0 Å². The molecule has 0 spiro atoms. The number of hydrogen-bond donors (Lipinski definition) is 1. The highest BCUT2D eigenvalue weighted by Crippen LogP contribution is 2.23. The van der Waals surface area contributed by atoms with Crippen LogP contribution >= 0.6 is 22.6 Å². The Bertz CT molecular complexity index is 502. The van der Waals surface area contributed by atoms with Gasteiger partial charge in [0, 0.05) is 6.20 Å². The Morgan fingerprint density at radius 3 is 3.15 bits per heavy atom. The molecule has 1 N–H and O–H groups in total. The Hall–Kier alpha value is -1.05. The molecule has 5 nitrogen and oxygen atoms in total.